The van der Waals surface area contributed by atoms with Gasteiger partial charge in [-0.3, -0.25) is 4.79 Å². The summed E-state index contributed by atoms with van der Waals surface area (Å²) in [6, 6.07) is 8.84. The molecule has 1 saturated heterocycles. The molecule has 1 aliphatic heterocycles. The number of piperidine rings is 1. The maximum absolute atomic E-state index is 13.5. The molecule has 0 saturated carbocycles. The predicted molar refractivity (Wildman–Crippen MR) is 84.2 cm³/mol. The zero-order valence-corrected chi connectivity index (χ0v) is 12.9. The van der Waals surface area contributed by atoms with Crippen molar-refractivity contribution in [2.45, 2.75) is 18.4 Å². The number of carbonyl (C=O) groups is 1. The van der Waals surface area contributed by atoms with Crippen LogP contribution in [0.1, 0.15) is 28.3 Å². The van der Waals surface area contributed by atoms with Crippen LogP contribution in [0.2, 0.25) is 0 Å². The number of halogens is 3. The molecule has 2 N–H and O–H groups in total. The van der Waals surface area contributed by atoms with Gasteiger partial charge in [0.1, 0.15) is 5.82 Å². The van der Waals surface area contributed by atoms with Crippen LogP contribution in [0.5, 0.6) is 0 Å². The van der Waals surface area contributed by atoms with Crippen LogP contribution in [0.25, 0.3) is 0 Å². The quantitative estimate of drug-likeness (QED) is 0.906. The van der Waals surface area contributed by atoms with Crippen molar-refractivity contribution in [1.82, 2.24) is 10.6 Å². The van der Waals surface area contributed by atoms with Crippen molar-refractivity contribution in [3.05, 3.63) is 71.0 Å². The summed E-state index contributed by atoms with van der Waals surface area (Å²) in [6.07, 6.45) is 0.694. The summed E-state index contributed by atoms with van der Waals surface area (Å²) in [4.78, 5) is 12.3. The molecule has 1 fully saturated rings. The average Bonchev–Trinajstić information content (AvgIpc) is 2.58. The largest absolute Gasteiger partial charge is 0.347 e. The molecule has 0 radical (unpaired) electrons. The Bertz CT molecular complexity index is 734. The van der Waals surface area contributed by atoms with E-state index < -0.39 is 17.5 Å². The number of rotatable bonds is 3. The zero-order chi connectivity index (χ0) is 17.1. The van der Waals surface area contributed by atoms with Gasteiger partial charge in [-0.25, -0.2) is 13.2 Å². The summed E-state index contributed by atoms with van der Waals surface area (Å²) >= 11 is 0. The second-order valence-electron chi connectivity index (χ2n) is 5.86. The van der Waals surface area contributed by atoms with Crippen LogP contribution >= 0.6 is 0 Å². The number of benzene rings is 2. The van der Waals surface area contributed by atoms with E-state index in [1.807, 2.05) is 0 Å². The molecule has 126 valence electrons. The number of hydrogen-bond donors (Lipinski definition) is 2. The maximum atomic E-state index is 13.5. The molecule has 0 spiro atoms. The topological polar surface area (TPSA) is 41.1 Å². The van der Waals surface area contributed by atoms with E-state index in [4.69, 9.17) is 0 Å². The van der Waals surface area contributed by atoms with E-state index in [1.165, 1.54) is 30.3 Å². The van der Waals surface area contributed by atoms with Gasteiger partial charge >= 0.3 is 0 Å². The Morgan fingerprint density at radius 3 is 2.50 bits per heavy atom. The molecule has 1 aliphatic rings. The van der Waals surface area contributed by atoms with Crippen molar-refractivity contribution in [3.8, 4) is 0 Å². The highest BCUT2D eigenvalue weighted by Gasteiger charge is 2.28. The lowest BCUT2D eigenvalue weighted by Crippen LogP contribution is -2.50. The highest BCUT2D eigenvalue weighted by atomic mass is 19.2. The van der Waals surface area contributed by atoms with Crippen molar-refractivity contribution < 1.29 is 18.0 Å². The summed E-state index contributed by atoms with van der Waals surface area (Å²) in [5, 5.41) is 6.08. The SMILES string of the molecule is O=C(NC1CNCCC1c1ccc(F)c(F)c1)c1ccc(F)cc1. The molecule has 6 heteroatoms. The molecular formula is C18H17F3N2O. The standard InChI is InChI=1S/C18H17F3N2O/c19-13-4-1-11(2-5-13)18(24)23-17-10-22-8-7-14(17)12-3-6-15(20)16(21)9-12/h1-6,9,14,17,22H,7-8,10H2,(H,23,24). The smallest absolute Gasteiger partial charge is 0.251 e. The van der Waals surface area contributed by atoms with Crippen LogP contribution in [0.15, 0.2) is 42.5 Å². The van der Waals surface area contributed by atoms with Crippen LogP contribution in [-0.4, -0.2) is 25.0 Å². The Kier molecular flexibility index (Phi) is 4.85. The molecule has 2 aromatic carbocycles. The fourth-order valence-corrected chi connectivity index (χ4v) is 3.01. The summed E-state index contributed by atoms with van der Waals surface area (Å²) in [5.41, 5.74) is 1.01. The van der Waals surface area contributed by atoms with E-state index in [2.05, 4.69) is 10.6 Å². The zero-order valence-electron chi connectivity index (χ0n) is 12.9. The highest BCUT2D eigenvalue weighted by Crippen LogP contribution is 2.27. The van der Waals surface area contributed by atoms with E-state index in [0.29, 0.717) is 24.1 Å². The first kappa shape index (κ1) is 16.5. The third-order valence-corrected chi connectivity index (χ3v) is 4.28. The molecule has 2 aromatic rings. The minimum atomic E-state index is -0.894. The van der Waals surface area contributed by atoms with E-state index in [1.54, 1.807) is 6.07 Å². The van der Waals surface area contributed by atoms with Gasteiger partial charge in [-0.2, -0.15) is 0 Å². The van der Waals surface area contributed by atoms with Crippen molar-refractivity contribution >= 4 is 5.91 Å². The van der Waals surface area contributed by atoms with Gasteiger partial charge in [0.05, 0.1) is 0 Å². The fraction of sp³-hybridized carbons (Fsp3) is 0.278. The van der Waals surface area contributed by atoms with Crippen LogP contribution in [-0.2, 0) is 0 Å². The second-order valence-corrected chi connectivity index (χ2v) is 5.86. The van der Waals surface area contributed by atoms with Gasteiger partial charge in [0, 0.05) is 24.1 Å². The Morgan fingerprint density at radius 2 is 1.79 bits per heavy atom. The molecule has 3 rings (SSSR count). The third kappa shape index (κ3) is 3.59. The van der Waals surface area contributed by atoms with E-state index in [-0.39, 0.29) is 17.9 Å². The lowest BCUT2D eigenvalue weighted by atomic mass is 9.85. The molecular weight excluding hydrogens is 317 g/mol. The Morgan fingerprint density at radius 1 is 1.04 bits per heavy atom. The molecule has 24 heavy (non-hydrogen) atoms. The molecule has 3 nitrogen and oxygen atoms in total. The van der Waals surface area contributed by atoms with Crippen LogP contribution in [0.3, 0.4) is 0 Å². The minimum absolute atomic E-state index is 0.120. The Labute approximate surface area is 137 Å². The first-order valence-electron chi connectivity index (χ1n) is 7.76. The van der Waals surface area contributed by atoms with Gasteiger partial charge in [0.25, 0.3) is 5.91 Å². The molecule has 0 aliphatic carbocycles. The number of amides is 1. The monoisotopic (exact) mass is 334 g/mol. The van der Waals surface area contributed by atoms with Gasteiger partial charge in [-0.1, -0.05) is 6.07 Å². The number of hydrogen-bond acceptors (Lipinski definition) is 2. The fourth-order valence-electron chi connectivity index (χ4n) is 3.01. The van der Waals surface area contributed by atoms with Gasteiger partial charge in [-0.15, -0.1) is 0 Å². The molecule has 2 atom stereocenters. The summed E-state index contributed by atoms with van der Waals surface area (Å²) in [5.74, 6) is -2.64. The first-order chi connectivity index (χ1) is 11.5. The van der Waals surface area contributed by atoms with Gasteiger partial charge < -0.3 is 10.6 Å². The number of carbonyl (C=O) groups excluding carboxylic acids is 1. The molecule has 2 unspecified atom stereocenters. The Balaban J connectivity index is 1.78. The molecule has 1 amide bonds. The van der Waals surface area contributed by atoms with Crippen molar-refractivity contribution in [2.24, 2.45) is 0 Å². The van der Waals surface area contributed by atoms with Crippen LogP contribution in [0.4, 0.5) is 13.2 Å². The third-order valence-electron chi connectivity index (χ3n) is 4.28. The highest BCUT2D eigenvalue weighted by molar-refractivity contribution is 5.94. The van der Waals surface area contributed by atoms with Gasteiger partial charge in [0.2, 0.25) is 0 Å². The lowest BCUT2D eigenvalue weighted by molar-refractivity contribution is 0.0924. The van der Waals surface area contributed by atoms with E-state index in [9.17, 15) is 18.0 Å². The Hall–Kier alpha value is -2.34. The summed E-state index contributed by atoms with van der Waals surface area (Å²) in [6.45, 7) is 1.25. The van der Waals surface area contributed by atoms with Gasteiger partial charge in [-0.05, 0) is 54.9 Å². The van der Waals surface area contributed by atoms with Crippen LogP contribution in [0, 0.1) is 17.5 Å². The van der Waals surface area contributed by atoms with Crippen molar-refractivity contribution in [2.75, 3.05) is 13.1 Å². The number of nitrogens with one attached hydrogen (secondary N) is 2. The van der Waals surface area contributed by atoms with Gasteiger partial charge in [0.15, 0.2) is 11.6 Å². The lowest BCUT2D eigenvalue weighted by Gasteiger charge is -2.33. The minimum Gasteiger partial charge on any atom is -0.347 e. The van der Waals surface area contributed by atoms with Crippen LogP contribution < -0.4 is 10.6 Å². The normalized spacial score (nSPS) is 20.6. The van der Waals surface area contributed by atoms with Crippen molar-refractivity contribution in [1.29, 1.82) is 0 Å². The molecule has 0 aromatic heterocycles. The second kappa shape index (κ2) is 7.05. The predicted octanol–water partition coefficient (Wildman–Crippen LogP) is 2.98. The molecule has 0 bridgehead atoms. The van der Waals surface area contributed by atoms with E-state index >= 15 is 0 Å². The van der Waals surface area contributed by atoms with E-state index in [0.717, 1.165) is 12.6 Å². The summed E-state index contributed by atoms with van der Waals surface area (Å²) < 4.78 is 39.6. The maximum Gasteiger partial charge on any atom is 0.251 e. The average molecular weight is 334 g/mol. The first-order valence-corrected chi connectivity index (χ1v) is 7.76. The summed E-state index contributed by atoms with van der Waals surface area (Å²) in [7, 11) is 0. The molecule has 1 heterocycles. The van der Waals surface area contributed by atoms with Crippen molar-refractivity contribution in [3.63, 3.8) is 0 Å².